The van der Waals surface area contributed by atoms with Crippen molar-refractivity contribution >= 4 is 17.5 Å². The first-order chi connectivity index (χ1) is 9.13. The van der Waals surface area contributed by atoms with Crippen molar-refractivity contribution in [3.63, 3.8) is 0 Å². The number of benzene rings is 1. The minimum absolute atomic E-state index is 0.163. The quantitative estimate of drug-likeness (QED) is 0.772. The van der Waals surface area contributed by atoms with Gasteiger partial charge in [0.15, 0.2) is 0 Å². The van der Waals surface area contributed by atoms with E-state index in [4.69, 9.17) is 17.3 Å². The Kier molecular flexibility index (Phi) is 4.84. The summed E-state index contributed by atoms with van der Waals surface area (Å²) in [6.07, 6.45) is 3.94. The average molecular weight is 277 g/mol. The Labute approximate surface area is 118 Å². The second-order valence-electron chi connectivity index (χ2n) is 4.85. The number of nitrogens with two attached hydrogens (primary N) is 1. The van der Waals surface area contributed by atoms with Crippen LogP contribution in [0.15, 0.2) is 24.3 Å². The first-order valence-electron chi connectivity index (χ1n) is 6.47. The van der Waals surface area contributed by atoms with Crippen LogP contribution in [0.3, 0.4) is 0 Å². The number of carbonyl (C=O) groups is 1. The number of amides is 1. The van der Waals surface area contributed by atoms with Gasteiger partial charge in [0.05, 0.1) is 0 Å². The highest BCUT2D eigenvalue weighted by molar-refractivity contribution is 6.30. The lowest BCUT2D eigenvalue weighted by Gasteiger charge is -2.26. The van der Waals surface area contributed by atoms with Crippen LogP contribution in [0.5, 0.6) is 0 Å². The van der Waals surface area contributed by atoms with Crippen LogP contribution in [0, 0.1) is 11.8 Å². The molecule has 0 heterocycles. The predicted molar refractivity (Wildman–Crippen MR) is 76.7 cm³/mol. The summed E-state index contributed by atoms with van der Waals surface area (Å²) in [6, 6.07) is 7.45. The van der Waals surface area contributed by atoms with E-state index in [9.17, 15) is 4.79 Å². The van der Waals surface area contributed by atoms with Gasteiger partial charge in [-0.2, -0.15) is 0 Å². The van der Waals surface area contributed by atoms with Gasteiger partial charge in [0.25, 0.3) is 5.91 Å². The van der Waals surface area contributed by atoms with E-state index in [1.54, 1.807) is 24.3 Å². The fourth-order valence-electron chi connectivity index (χ4n) is 2.24. The molecule has 2 rings (SSSR count). The number of hydrogen-bond acceptors (Lipinski definition) is 2. The number of hydrogen-bond donors (Lipinski definition) is 2. The van der Waals surface area contributed by atoms with Crippen molar-refractivity contribution in [2.75, 3.05) is 0 Å². The van der Waals surface area contributed by atoms with Gasteiger partial charge in [0, 0.05) is 28.6 Å². The second kappa shape index (κ2) is 6.60. The largest absolute Gasteiger partial charge is 0.342 e. The summed E-state index contributed by atoms with van der Waals surface area (Å²) < 4.78 is 0. The fraction of sp³-hybridized carbons (Fsp3) is 0.400. The highest BCUT2D eigenvalue weighted by Crippen LogP contribution is 2.16. The molecule has 1 fully saturated rings. The Morgan fingerprint density at radius 1 is 1.32 bits per heavy atom. The Hall–Kier alpha value is -1.50. The van der Waals surface area contributed by atoms with E-state index >= 15 is 0 Å². The first-order valence-corrected chi connectivity index (χ1v) is 6.85. The van der Waals surface area contributed by atoms with Crippen LogP contribution in [0.25, 0.3) is 0 Å². The molecule has 0 radical (unpaired) electrons. The molecule has 0 aromatic heterocycles. The molecule has 0 saturated heterocycles. The summed E-state index contributed by atoms with van der Waals surface area (Å²) in [5.74, 6) is 5.18. The van der Waals surface area contributed by atoms with Crippen molar-refractivity contribution in [2.24, 2.45) is 5.73 Å². The van der Waals surface area contributed by atoms with E-state index in [1.807, 2.05) is 0 Å². The number of nitrogens with one attached hydrogen (secondary N) is 1. The van der Waals surface area contributed by atoms with E-state index in [0.717, 1.165) is 31.2 Å². The van der Waals surface area contributed by atoms with Gasteiger partial charge < -0.3 is 11.1 Å². The summed E-state index contributed by atoms with van der Waals surface area (Å²) >= 11 is 5.78. The minimum atomic E-state index is -0.242. The van der Waals surface area contributed by atoms with Crippen molar-refractivity contribution in [1.82, 2.24) is 5.32 Å². The van der Waals surface area contributed by atoms with Gasteiger partial charge in [0.1, 0.15) is 0 Å². The number of halogens is 1. The van der Waals surface area contributed by atoms with E-state index in [0.29, 0.717) is 5.02 Å². The molecule has 3 N–H and O–H groups in total. The molecule has 0 spiro atoms. The molecule has 1 aromatic carbocycles. The molecule has 1 aliphatic rings. The summed E-state index contributed by atoms with van der Waals surface area (Å²) in [6.45, 7) is 0. The van der Waals surface area contributed by atoms with Crippen molar-refractivity contribution in [2.45, 2.75) is 37.8 Å². The van der Waals surface area contributed by atoms with Gasteiger partial charge in [-0.3, -0.25) is 4.79 Å². The zero-order valence-corrected chi connectivity index (χ0v) is 11.4. The topological polar surface area (TPSA) is 55.1 Å². The van der Waals surface area contributed by atoms with Gasteiger partial charge in [-0.25, -0.2) is 0 Å². The molecular weight excluding hydrogens is 260 g/mol. The Morgan fingerprint density at radius 2 is 2.05 bits per heavy atom. The van der Waals surface area contributed by atoms with E-state index < -0.39 is 0 Å². The highest BCUT2D eigenvalue weighted by atomic mass is 35.5. The van der Waals surface area contributed by atoms with Crippen LogP contribution in [0.2, 0.25) is 5.02 Å². The van der Waals surface area contributed by atoms with Crippen LogP contribution in [-0.4, -0.2) is 18.0 Å². The number of carbonyl (C=O) groups excluding carboxylic acids is 1. The molecule has 1 amide bonds. The molecule has 2 unspecified atom stereocenters. The molecule has 100 valence electrons. The SMILES string of the molecule is NC1CCCC(NC(=O)C#Cc2ccc(Cl)cc2)C1. The molecule has 1 aromatic rings. The third-order valence-corrected chi connectivity index (χ3v) is 3.47. The molecule has 3 nitrogen and oxygen atoms in total. The van der Waals surface area contributed by atoms with Crippen molar-refractivity contribution in [3.8, 4) is 11.8 Å². The lowest BCUT2D eigenvalue weighted by Crippen LogP contribution is -2.41. The maximum absolute atomic E-state index is 11.7. The van der Waals surface area contributed by atoms with Crippen LogP contribution in [-0.2, 0) is 4.79 Å². The van der Waals surface area contributed by atoms with E-state index in [1.165, 1.54) is 0 Å². The maximum atomic E-state index is 11.7. The van der Waals surface area contributed by atoms with Gasteiger partial charge in [-0.05, 0) is 49.9 Å². The third-order valence-electron chi connectivity index (χ3n) is 3.21. The number of rotatable bonds is 1. The monoisotopic (exact) mass is 276 g/mol. The third kappa shape index (κ3) is 4.59. The van der Waals surface area contributed by atoms with Gasteiger partial charge in [-0.1, -0.05) is 17.5 Å². The Bertz CT molecular complexity index is 501. The summed E-state index contributed by atoms with van der Waals surface area (Å²) in [7, 11) is 0. The molecule has 1 saturated carbocycles. The average Bonchev–Trinajstić information content (AvgIpc) is 2.38. The normalized spacial score (nSPS) is 22.2. The lowest BCUT2D eigenvalue weighted by atomic mass is 9.91. The van der Waals surface area contributed by atoms with Crippen LogP contribution >= 0.6 is 11.6 Å². The van der Waals surface area contributed by atoms with E-state index in [-0.39, 0.29) is 18.0 Å². The highest BCUT2D eigenvalue weighted by Gasteiger charge is 2.19. The molecule has 2 atom stereocenters. The molecule has 1 aliphatic carbocycles. The van der Waals surface area contributed by atoms with Crippen LogP contribution in [0.4, 0.5) is 0 Å². The minimum Gasteiger partial charge on any atom is -0.342 e. The lowest BCUT2D eigenvalue weighted by molar-refractivity contribution is -0.116. The summed E-state index contributed by atoms with van der Waals surface area (Å²) in [5.41, 5.74) is 6.66. The van der Waals surface area contributed by atoms with Gasteiger partial charge in [-0.15, -0.1) is 0 Å². The molecule has 0 bridgehead atoms. The zero-order valence-electron chi connectivity index (χ0n) is 10.7. The van der Waals surface area contributed by atoms with Crippen LogP contribution < -0.4 is 11.1 Å². The van der Waals surface area contributed by atoms with Crippen molar-refractivity contribution < 1.29 is 4.79 Å². The molecule has 0 aliphatic heterocycles. The Morgan fingerprint density at radius 3 is 2.74 bits per heavy atom. The molecule has 4 heteroatoms. The fourth-order valence-corrected chi connectivity index (χ4v) is 2.37. The predicted octanol–water partition coefficient (Wildman–Crippen LogP) is 2.08. The van der Waals surface area contributed by atoms with E-state index in [2.05, 4.69) is 17.2 Å². The molecular formula is C15H17ClN2O. The first kappa shape index (κ1) is 13.9. The smallest absolute Gasteiger partial charge is 0.296 e. The summed E-state index contributed by atoms with van der Waals surface area (Å²) in [4.78, 5) is 11.7. The molecule has 19 heavy (non-hydrogen) atoms. The van der Waals surface area contributed by atoms with Gasteiger partial charge in [0.2, 0.25) is 0 Å². The van der Waals surface area contributed by atoms with Crippen molar-refractivity contribution in [1.29, 1.82) is 0 Å². The zero-order chi connectivity index (χ0) is 13.7. The van der Waals surface area contributed by atoms with Gasteiger partial charge >= 0.3 is 0 Å². The summed E-state index contributed by atoms with van der Waals surface area (Å²) in [5, 5.41) is 3.57. The van der Waals surface area contributed by atoms with Crippen molar-refractivity contribution in [3.05, 3.63) is 34.9 Å². The maximum Gasteiger partial charge on any atom is 0.296 e. The second-order valence-corrected chi connectivity index (χ2v) is 5.29. The van der Waals surface area contributed by atoms with Crippen LogP contribution in [0.1, 0.15) is 31.2 Å². The Balaban J connectivity index is 1.89. The standard InChI is InChI=1S/C15H17ClN2O/c16-12-7-4-11(5-8-12)6-9-15(19)18-14-3-1-2-13(17)10-14/h4-5,7-8,13-14H,1-3,10,17H2,(H,18,19).